The van der Waals surface area contributed by atoms with Crippen molar-refractivity contribution in [3.05, 3.63) is 82.7 Å². The molecule has 0 fully saturated rings. The van der Waals surface area contributed by atoms with Crippen LogP contribution in [0.25, 0.3) is 33.3 Å². The molecular weight excluding hydrogens is 352 g/mol. The number of aromatic nitrogens is 2. The van der Waals surface area contributed by atoms with E-state index in [1.807, 2.05) is 0 Å². The Morgan fingerprint density at radius 3 is 2.24 bits per heavy atom. The third-order valence-corrected chi connectivity index (χ3v) is 7.15. The second-order valence-electron chi connectivity index (χ2n) is 8.68. The molecule has 0 aliphatic carbocycles. The van der Waals surface area contributed by atoms with Gasteiger partial charge in [0, 0.05) is 31.0 Å². The maximum atomic E-state index is 2.48. The second kappa shape index (κ2) is 6.00. The number of aryl methyl sites for hydroxylation is 3. The summed E-state index contributed by atoms with van der Waals surface area (Å²) in [4.78, 5) is 0. The first-order valence-electron chi connectivity index (χ1n) is 10.7. The Bertz CT molecular complexity index is 1330. The van der Waals surface area contributed by atoms with Crippen molar-refractivity contribution in [2.75, 3.05) is 0 Å². The minimum absolute atomic E-state index is 1.06. The van der Waals surface area contributed by atoms with Crippen molar-refractivity contribution in [3.8, 4) is 22.5 Å². The Morgan fingerprint density at radius 1 is 0.724 bits per heavy atom. The fourth-order valence-electron chi connectivity index (χ4n) is 5.53. The van der Waals surface area contributed by atoms with Gasteiger partial charge < -0.3 is 0 Å². The van der Waals surface area contributed by atoms with Crippen LogP contribution in [-0.4, -0.2) is 0 Å². The van der Waals surface area contributed by atoms with Crippen LogP contribution < -0.4 is 9.13 Å². The van der Waals surface area contributed by atoms with Crippen molar-refractivity contribution in [1.82, 2.24) is 0 Å². The third kappa shape index (κ3) is 2.29. The average Bonchev–Trinajstić information content (AvgIpc) is 2.75. The smallest absolute Gasteiger partial charge is 0.198 e. The van der Waals surface area contributed by atoms with Gasteiger partial charge in [0.1, 0.15) is 0 Å². The van der Waals surface area contributed by atoms with Crippen LogP contribution in [0.15, 0.2) is 54.9 Å². The van der Waals surface area contributed by atoms with Crippen LogP contribution in [0.5, 0.6) is 0 Å². The lowest BCUT2D eigenvalue weighted by Gasteiger charge is -2.27. The number of hydrogen-bond acceptors (Lipinski definition) is 0. The summed E-state index contributed by atoms with van der Waals surface area (Å²) in [5, 5.41) is 2.69. The summed E-state index contributed by atoms with van der Waals surface area (Å²) in [7, 11) is 0. The molecule has 2 aliphatic heterocycles. The van der Waals surface area contributed by atoms with Gasteiger partial charge in [0.05, 0.1) is 16.5 Å². The molecule has 4 heterocycles. The van der Waals surface area contributed by atoms with Crippen molar-refractivity contribution in [2.45, 2.75) is 46.7 Å². The highest BCUT2D eigenvalue weighted by Gasteiger charge is 2.36. The summed E-state index contributed by atoms with van der Waals surface area (Å²) in [5.41, 5.74) is 13.2. The van der Waals surface area contributed by atoms with Gasteiger partial charge >= 0.3 is 0 Å². The van der Waals surface area contributed by atoms with Gasteiger partial charge in [-0.2, -0.15) is 9.13 Å². The first-order valence-corrected chi connectivity index (χ1v) is 10.7. The van der Waals surface area contributed by atoms with Crippen LogP contribution in [0.4, 0.5) is 0 Å². The number of hydrogen-bond donors (Lipinski definition) is 0. The molecule has 0 saturated heterocycles. The monoisotopic (exact) mass is 378 g/mol. The number of nitrogens with zero attached hydrogens (tertiary/aromatic N) is 2. The van der Waals surface area contributed by atoms with E-state index in [1.54, 1.807) is 11.1 Å². The van der Waals surface area contributed by atoms with Gasteiger partial charge in [0.25, 0.3) is 0 Å². The molecule has 0 bridgehead atoms. The fourth-order valence-corrected chi connectivity index (χ4v) is 5.53. The predicted molar refractivity (Wildman–Crippen MR) is 117 cm³/mol. The molecule has 2 aliphatic rings. The van der Waals surface area contributed by atoms with E-state index >= 15 is 0 Å². The molecule has 0 N–H and O–H groups in total. The molecule has 0 unspecified atom stereocenters. The lowest BCUT2D eigenvalue weighted by molar-refractivity contribution is -0.689. The summed E-state index contributed by atoms with van der Waals surface area (Å²) in [6, 6.07) is 15.8. The Morgan fingerprint density at radius 2 is 1.41 bits per heavy atom. The van der Waals surface area contributed by atoms with Crippen molar-refractivity contribution in [2.24, 2.45) is 0 Å². The van der Waals surface area contributed by atoms with Gasteiger partial charge in [-0.1, -0.05) is 18.2 Å². The summed E-state index contributed by atoms with van der Waals surface area (Å²) in [6.45, 7) is 9.01. The number of benzene rings is 2. The molecule has 142 valence electrons. The van der Waals surface area contributed by atoms with Gasteiger partial charge in [-0.05, 0) is 60.0 Å². The predicted octanol–water partition coefficient (Wildman–Crippen LogP) is 4.79. The van der Waals surface area contributed by atoms with Crippen LogP contribution in [0, 0.1) is 20.8 Å². The van der Waals surface area contributed by atoms with E-state index in [9.17, 15) is 0 Å². The topological polar surface area (TPSA) is 7.76 Å². The van der Waals surface area contributed by atoms with Crippen LogP contribution in [-0.2, 0) is 25.9 Å². The minimum Gasteiger partial charge on any atom is -0.198 e. The minimum atomic E-state index is 1.06. The lowest BCUT2D eigenvalue weighted by Crippen LogP contribution is -2.43. The molecule has 0 saturated carbocycles. The standard InChI is InChI=1S/C27H26N2/c1-17-8-12-28-14-10-21-18(2)19(3)22-11-15-29-13-9-20-6-4-5-7-23(20)27(29)26(22)25(21)24(28)16-17/h4-9,12-13,16H,10-11,14-15H2,1-3H3/q+2. The average molecular weight is 379 g/mol. The van der Waals surface area contributed by atoms with E-state index in [4.69, 9.17) is 0 Å². The van der Waals surface area contributed by atoms with E-state index in [1.165, 1.54) is 50.0 Å². The zero-order chi connectivity index (χ0) is 19.7. The SMILES string of the molecule is Cc1cc[n+]2c(c1)-c1c(c(C)c(C)c3c1-c1c4ccccc4cc[n+]1CC3)CC2. The number of rotatable bonds is 0. The van der Waals surface area contributed by atoms with E-state index in [0.29, 0.717) is 0 Å². The molecule has 0 radical (unpaired) electrons. The summed E-state index contributed by atoms with van der Waals surface area (Å²) in [6.07, 6.45) is 6.78. The van der Waals surface area contributed by atoms with E-state index in [2.05, 4.69) is 84.8 Å². The Labute approximate surface area is 172 Å². The zero-order valence-electron chi connectivity index (χ0n) is 17.4. The van der Waals surface area contributed by atoms with E-state index in [-0.39, 0.29) is 0 Å². The summed E-state index contributed by atoms with van der Waals surface area (Å²) < 4.78 is 4.93. The molecule has 2 aromatic carbocycles. The largest absolute Gasteiger partial charge is 0.221 e. The Hall–Kier alpha value is -3.00. The molecule has 6 rings (SSSR count). The first-order chi connectivity index (χ1) is 14.1. The Balaban J connectivity index is 1.82. The quantitative estimate of drug-likeness (QED) is 0.389. The third-order valence-electron chi connectivity index (χ3n) is 7.15. The van der Waals surface area contributed by atoms with Gasteiger partial charge in [-0.25, -0.2) is 0 Å². The first kappa shape index (κ1) is 16.9. The Kier molecular flexibility index (Phi) is 3.50. The van der Waals surface area contributed by atoms with Crippen LogP contribution in [0.3, 0.4) is 0 Å². The maximum Gasteiger partial charge on any atom is 0.221 e. The van der Waals surface area contributed by atoms with Gasteiger partial charge in [-0.3, -0.25) is 0 Å². The molecule has 4 aromatic rings. The van der Waals surface area contributed by atoms with Crippen LogP contribution in [0.2, 0.25) is 0 Å². The van der Waals surface area contributed by atoms with Gasteiger partial charge in [0.15, 0.2) is 25.5 Å². The maximum absolute atomic E-state index is 2.48. The van der Waals surface area contributed by atoms with Crippen molar-refractivity contribution >= 4 is 10.8 Å². The van der Waals surface area contributed by atoms with Crippen molar-refractivity contribution in [1.29, 1.82) is 0 Å². The normalized spacial score (nSPS) is 14.2. The van der Waals surface area contributed by atoms with E-state index in [0.717, 1.165) is 25.9 Å². The van der Waals surface area contributed by atoms with Crippen molar-refractivity contribution < 1.29 is 9.13 Å². The molecule has 0 spiro atoms. The molecule has 0 amide bonds. The van der Waals surface area contributed by atoms with E-state index < -0.39 is 0 Å². The molecule has 2 aromatic heterocycles. The highest BCUT2D eigenvalue weighted by Crippen LogP contribution is 2.44. The molecule has 2 nitrogen and oxygen atoms in total. The van der Waals surface area contributed by atoms with Gasteiger partial charge in [-0.15, -0.1) is 0 Å². The second-order valence-corrected chi connectivity index (χ2v) is 8.68. The molecular formula is C27H26N2+2. The number of fused-ring (bicyclic) bond motifs is 9. The molecule has 29 heavy (non-hydrogen) atoms. The summed E-state index contributed by atoms with van der Waals surface area (Å²) in [5.74, 6) is 0. The zero-order valence-corrected chi connectivity index (χ0v) is 17.4. The highest BCUT2D eigenvalue weighted by molar-refractivity contribution is 5.99. The highest BCUT2D eigenvalue weighted by atomic mass is 15.0. The fraction of sp³-hybridized carbons (Fsp3) is 0.259. The number of pyridine rings is 2. The van der Waals surface area contributed by atoms with Crippen molar-refractivity contribution in [3.63, 3.8) is 0 Å². The van der Waals surface area contributed by atoms with Gasteiger partial charge in [0.2, 0.25) is 11.4 Å². The lowest BCUT2D eigenvalue weighted by atomic mass is 9.79. The summed E-state index contributed by atoms with van der Waals surface area (Å²) >= 11 is 0. The van der Waals surface area contributed by atoms with Crippen LogP contribution in [0.1, 0.15) is 27.8 Å². The molecule has 2 heteroatoms. The van der Waals surface area contributed by atoms with Crippen LogP contribution >= 0.6 is 0 Å². The molecule has 0 atom stereocenters.